The zero-order valence-corrected chi connectivity index (χ0v) is 20.1. The lowest BCUT2D eigenvalue weighted by Gasteiger charge is -2.21. The third-order valence-corrected chi connectivity index (χ3v) is 4.92. The number of ether oxygens (including phenoxy) is 4. The van der Waals surface area contributed by atoms with Crippen molar-refractivity contribution in [1.29, 1.82) is 0 Å². The van der Waals surface area contributed by atoms with Crippen molar-refractivity contribution in [1.82, 2.24) is 0 Å². The highest BCUT2D eigenvalue weighted by molar-refractivity contribution is 5.59. The van der Waals surface area contributed by atoms with Gasteiger partial charge in [-0.15, -0.1) is 0 Å². The van der Waals surface area contributed by atoms with E-state index in [1.807, 2.05) is 19.1 Å². The SMILES string of the molecule is Cc1cc(C=CC(C)(C)Cc2ccccc2)cc(OCCOCCO)c1OCCOCCO. The summed E-state index contributed by atoms with van der Waals surface area (Å²) in [5.74, 6) is 1.32. The molecule has 0 spiro atoms. The highest BCUT2D eigenvalue weighted by Crippen LogP contribution is 2.34. The molecule has 0 saturated heterocycles. The Morgan fingerprint density at radius 1 is 0.818 bits per heavy atom. The largest absolute Gasteiger partial charge is 0.487 e. The van der Waals surface area contributed by atoms with Crippen molar-refractivity contribution in [2.75, 3.05) is 52.9 Å². The molecular weight excluding hydrogens is 420 g/mol. The maximum Gasteiger partial charge on any atom is 0.164 e. The minimum atomic E-state index is -0.0135. The van der Waals surface area contributed by atoms with Crippen LogP contribution in [0.3, 0.4) is 0 Å². The summed E-state index contributed by atoms with van der Waals surface area (Å²) in [6.45, 7) is 8.46. The van der Waals surface area contributed by atoms with E-state index < -0.39 is 0 Å². The van der Waals surface area contributed by atoms with Crippen LogP contribution in [0.4, 0.5) is 0 Å². The third kappa shape index (κ3) is 10.4. The van der Waals surface area contributed by atoms with Crippen LogP contribution in [-0.4, -0.2) is 63.1 Å². The van der Waals surface area contributed by atoms with E-state index in [0.29, 0.717) is 37.9 Å². The Balaban J connectivity index is 2.12. The van der Waals surface area contributed by atoms with Crippen molar-refractivity contribution in [2.45, 2.75) is 27.2 Å². The van der Waals surface area contributed by atoms with Gasteiger partial charge < -0.3 is 29.2 Å². The molecule has 2 aromatic carbocycles. The third-order valence-electron chi connectivity index (χ3n) is 4.92. The zero-order valence-electron chi connectivity index (χ0n) is 20.1. The number of hydrogen-bond acceptors (Lipinski definition) is 6. The molecule has 0 aliphatic carbocycles. The van der Waals surface area contributed by atoms with Crippen LogP contribution in [0.25, 0.3) is 6.08 Å². The van der Waals surface area contributed by atoms with Gasteiger partial charge in [0, 0.05) is 0 Å². The summed E-state index contributed by atoms with van der Waals surface area (Å²) in [7, 11) is 0. The van der Waals surface area contributed by atoms with Gasteiger partial charge in [-0.05, 0) is 47.6 Å². The van der Waals surface area contributed by atoms with Gasteiger partial charge in [-0.1, -0.05) is 56.3 Å². The van der Waals surface area contributed by atoms with E-state index in [1.54, 1.807) is 0 Å². The maximum atomic E-state index is 8.86. The second-order valence-electron chi connectivity index (χ2n) is 8.52. The van der Waals surface area contributed by atoms with Crippen LogP contribution in [-0.2, 0) is 15.9 Å². The predicted octanol–water partition coefficient (Wildman–Crippen LogP) is 4.05. The van der Waals surface area contributed by atoms with Crippen LogP contribution >= 0.6 is 0 Å². The van der Waals surface area contributed by atoms with Crippen molar-refractivity contribution in [3.63, 3.8) is 0 Å². The Kier molecular flexibility index (Phi) is 12.0. The molecule has 0 saturated carbocycles. The second-order valence-corrected chi connectivity index (χ2v) is 8.52. The lowest BCUT2D eigenvalue weighted by molar-refractivity contribution is 0.0643. The molecule has 0 bridgehead atoms. The number of aryl methyl sites for hydroxylation is 1. The molecule has 0 heterocycles. The van der Waals surface area contributed by atoms with Gasteiger partial charge >= 0.3 is 0 Å². The van der Waals surface area contributed by atoms with Crippen molar-refractivity contribution >= 4 is 6.08 Å². The lowest BCUT2D eigenvalue weighted by Crippen LogP contribution is -2.13. The topological polar surface area (TPSA) is 77.4 Å². The van der Waals surface area contributed by atoms with Gasteiger partial charge in [-0.3, -0.25) is 0 Å². The number of aliphatic hydroxyl groups is 2. The van der Waals surface area contributed by atoms with E-state index in [1.165, 1.54) is 5.56 Å². The number of aliphatic hydroxyl groups excluding tert-OH is 2. The molecule has 182 valence electrons. The fourth-order valence-electron chi connectivity index (χ4n) is 3.41. The number of rotatable bonds is 16. The monoisotopic (exact) mass is 458 g/mol. The summed E-state index contributed by atoms with van der Waals surface area (Å²) in [4.78, 5) is 0. The fourth-order valence-corrected chi connectivity index (χ4v) is 3.41. The maximum absolute atomic E-state index is 8.86. The molecule has 0 radical (unpaired) electrons. The van der Waals surface area contributed by atoms with E-state index in [4.69, 9.17) is 29.2 Å². The quantitative estimate of drug-likeness (QED) is 0.370. The minimum absolute atomic E-state index is 0.00632. The fraction of sp³-hybridized carbons (Fsp3) is 0.481. The molecule has 0 atom stereocenters. The summed E-state index contributed by atoms with van der Waals surface area (Å²) in [6, 6.07) is 14.5. The molecule has 0 aliphatic heterocycles. The van der Waals surface area contributed by atoms with Crippen molar-refractivity contribution in [3.05, 3.63) is 65.2 Å². The Hall–Kier alpha value is -2.38. The highest BCUT2D eigenvalue weighted by Gasteiger charge is 2.16. The van der Waals surface area contributed by atoms with Crippen LogP contribution in [0.2, 0.25) is 0 Å². The van der Waals surface area contributed by atoms with Gasteiger partial charge in [0.15, 0.2) is 11.5 Å². The molecule has 0 amide bonds. The summed E-state index contributed by atoms with van der Waals surface area (Å²) in [5.41, 5.74) is 3.30. The molecule has 2 N–H and O–H groups in total. The minimum Gasteiger partial charge on any atom is -0.487 e. The van der Waals surface area contributed by atoms with Gasteiger partial charge in [0.05, 0.1) is 39.6 Å². The van der Waals surface area contributed by atoms with Gasteiger partial charge in [-0.25, -0.2) is 0 Å². The van der Waals surface area contributed by atoms with E-state index in [9.17, 15) is 0 Å². The first-order valence-electron chi connectivity index (χ1n) is 11.5. The Morgan fingerprint density at radius 3 is 2.09 bits per heavy atom. The van der Waals surface area contributed by atoms with E-state index >= 15 is 0 Å². The molecule has 0 aliphatic rings. The van der Waals surface area contributed by atoms with Crippen LogP contribution in [0.1, 0.15) is 30.5 Å². The van der Waals surface area contributed by atoms with Crippen LogP contribution < -0.4 is 9.47 Å². The van der Waals surface area contributed by atoms with Crippen molar-refractivity contribution in [3.8, 4) is 11.5 Å². The summed E-state index contributed by atoms with van der Waals surface area (Å²) < 4.78 is 22.5. The molecule has 0 unspecified atom stereocenters. The summed E-state index contributed by atoms with van der Waals surface area (Å²) >= 11 is 0. The molecule has 2 rings (SSSR count). The molecule has 6 heteroatoms. The van der Waals surface area contributed by atoms with Crippen molar-refractivity contribution < 1.29 is 29.2 Å². The van der Waals surface area contributed by atoms with Gasteiger partial charge in [-0.2, -0.15) is 0 Å². The molecule has 33 heavy (non-hydrogen) atoms. The first-order chi connectivity index (χ1) is 15.9. The van der Waals surface area contributed by atoms with Crippen LogP contribution in [0.15, 0.2) is 48.5 Å². The first-order valence-corrected chi connectivity index (χ1v) is 11.5. The van der Waals surface area contributed by atoms with Crippen LogP contribution in [0, 0.1) is 12.3 Å². The molecule has 0 aromatic heterocycles. The number of allylic oxidation sites excluding steroid dienone is 1. The van der Waals surface area contributed by atoms with Gasteiger partial charge in [0.2, 0.25) is 0 Å². The molecule has 0 fully saturated rings. The smallest absolute Gasteiger partial charge is 0.164 e. The van der Waals surface area contributed by atoms with E-state index in [0.717, 1.165) is 17.5 Å². The van der Waals surface area contributed by atoms with Crippen molar-refractivity contribution in [2.24, 2.45) is 5.41 Å². The Bertz CT molecular complexity index is 832. The Morgan fingerprint density at radius 2 is 1.45 bits per heavy atom. The number of hydrogen-bond donors (Lipinski definition) is 2. The second kappa shape index (κ2) is 14.7. The first kappa shape index (κ1) is 26.9. The average molecular weight is 459 g/mol. The summed E-state index contributed by atoms with van der Waals surface area (Å²) in [5, 5.41) is 17.7. The Labute approximate surface area is 197 Å². The van der Waals surface area contributed by atoms with E-state index in [2.05, 4.69) is 56.3 Å². The number of benzene rings is 2. The van der Waals surface area contributed by atoms with Crippen LogP contribution in [0.5, 0.6) is 11.5 Å². The molecule has 2 aromatic rings. The standard InChI is InChI=1S/C27H38O6/c1-22-19-24(9-10-27(2,3)21-23-7-5-4-6-8-23)20-25(32-17-15-30-13-11-28)26(22)33-18-16-31-14-12-29/h4-10,19-20,28-29H,11-18,21H2,1-3H3. The molecule has 6 nitrogen and oxygen atoms in total. The normalized spacial score (nSPS) is 11.8. The lowest BCUT2D eigenvalue weighted by atomic mass is 9.85. The molecular formula is C27H38O6. The zero-order chi connectivity index (χ0) is 23.9. The van der Waals surface area contributed by atoms with Gasteiger partial charge in [0.1, 0.15) is 13.2 Å². The predicted molar refractivity (Wildman–Crippen MR) is 131 cm³/mol. The van der Waals surface area contributed by atoms with Gasteiger partial charge in [0.25, 0.3) is 0 Å². The van der Waals surface area contributed by atoms with E-state index in [-0.39, 0.29) is 31.8 Å². The average Bonchev–Trinajstić information content (AvgIpc) is 2.79. The summed E-state index contributed by atoms with van der Waals surface area (Å²) in [6.07, 6.45) is 5.30. The highest BCUT2D eigenvalue weighted by atomic mass is 16.6.